The van der Waals surface area contributed by atoms with Gasteiger partial charge in [0.25, 0.3) is 0 Å². The molecule has 0 saturated carbocycles. The molecular formula is C23H28N4OS. The average molecular weight is 409 g/mol. The number of amides is 1. The van der Waals surface area contributed by atoms with Crippen LogP contribution < -0.4 is 10.2 Å². The van der Waals surface area contributed by atoms with Crippen molar-refractivity contribution in [3.8, 4) is 0 Å². The van der Waals surface area contributed by atoms with E-state index in [1.54, 1.807) is 17.7 Å². The Morgan fingerprint density at radius 2 is 1.97 bits per heavy atom. The maximum atomic E-state index is 12.8. The zero-order valence-electron chi connectivity index (χ0n) is 17.1. The van der Waals surface area contributed by atoms with E-state index < -0.39 is 0 Å². The minimum atomic E-state index is -0.00652. The summed E-state index contributed by atoms with van der Waals surface area (Å²) >= 11 is 1.73. The Bertz CT molecular complexity index is 982. The van der Waals surface area contributed by atoms with Crippen LogP contribution in [0.3, 0.4) is 0 Å². The largest absolute Gasteiger partial charge is 0.355 e. The predicted molar refractivity (Wildman–Crippen MR) is 119 cm³/mol. The molecule has 1 atom stereocenters. The van der Waals surface area contributed by atoms with Crippen LogP contribution >= 0.6 is 11.3 Å². The molecule has 1 amide bonds. The highest BCUT2D eigenvalue weighted by atomic mass is 32.1. The summed E-state index contributed by atoms with van der Waals surface area (Å²) in [5.41, 5.74) is 2.46. The zero-order valence-corrected chi connectivity index (χ0v) is 18.0. The lowest BCUT2D eigenvalue weighted by Crippen LogP contribution is -2.43. The number of anilines is 1. The van der Waals surface area contributed by atoms with E-state index in [0.29, 0.717) is 13.1 Å². The summed E-state index contributed by atoms with van der Waals surface area (Å²) in [4.78, 5) is 26.4. The summed E-state index contributed by atoms with van der Waals surface area (Å²) in [6.07, 6.45) is 5.61. The average Bonchev–Trinajstić information content (AvgIpc) is 3.21. The first kappa shape index (κ1) is 19.8. The molecule has 0 aliphatic carbocycles. The Labute approximate surface area is 176 Å². The number of hydrogen-bond acceptors (Lipinski definition) is 5. The van der Waals surface area contributed by atoms with Gasteiger partial charge in [-0.3, -0.25) is 4.79 Å². The van der Waals surface area contributed by atoms with Crippen LogP contribution in [-0.4, -0.2) is 29.0 Å². The third-order valence-electron chi connectivity index (χ3n) is 5.70. The molecule has 152 valence electrons. The van der Waals surface area contributed by atoms with Crippen molar-refractivity contribution in [1.29, 1.82) is 0 Å². The van der Waals surface area contributed by atoms with Gasteiger partial charge in [-0.1, -0.05) is 38.1 Å². The molecule has 3 aromatic rings. The highest BCUT2D eigenvalue weighted by Gasteiger charge is 2.27. The van der Waals surface area contributed by atoms with Gasteiger partial charge in [0.1, 0.15) is 17.0 Å². The summed E-state index contributed by atoms with van der Waals surface area (Å²) in [5.74, 6) is 1.10. The van der Waals surface area contributed by atoms with Crippen LogP contribution in [0, 0.1) is 5.92 Å². The minimum absolute atomic E-state index is 0.00652. The summed E-state index contributed by atoms with van der Waals surface area (Å²) in [6.45, 7) is 6.54. The first-order chi connectivity index (χ1) is 14.2. The van der Waals surface area contributed by atoms with Gasteiger partial charge >= 0.3 is 0 Å². The van der Waals surface area contributed by atoms with Crippen LogP contribution in [0.15, 0.2) is 36.7 Å². The smallest absolute Gasteiger partial charge is 0.225 e. The van der Waals surface area contributed by atoms with Gasteiger partial charge in [0.15, 0.2) is 0 Å². The van der Waals surface area contributed by atoms with E-state index in [1.807, 2.05) is 0 Å². The number of carbonyl (C=O) groups is 1. The first-order valence-corrected chi connectivity index (χ1v) is 11.3. The van der Waals surface area contributed by atoms with E-state index in [-0.39, 0.29) is 11.8 Å². The second-order valence-electron chi connectivity index (χ2n) is 7.66. The Balaban J connectivity index is 1.42. The Hall–Kier alpha value is -2.47. The fraction of sp³-hybridized carbons (Fsp3) is 0.435. The van der Waals surface area contributed by atoms with Crippen molar-refractivity contribution in [2.24, 2.45) is 5.92 Å². The van der Waals surface area contributed by atoms with Gasteiger partial charge in [0, 0.05) is 24.5 Å². The summed E-state index contributed by atoms with van der Waals surface area (Å²) in [7, 11) is 0. The molecule has 1 N–H and O–H groups in total. The van der Waals surface area contributed by atoms with Gasteiger partial charge in [-0.2, -0.15) is 0 Å². The maximum absolute atomic E-state index is 12.8. The van der Waals surface area contributed by atoms with Crippen LogP contribution in [0.2, 0.25) is 0 Å². The number of nitrogens with zero attached hydrogens (tertiary/aromatic N) is 3. The van der Waals surface area contributed by atoms with Crippen molar-refractivity contribution in [2.45, 2.75) is 46.1 Å². The topological polar surface area (TPSA) is 58.1 Å². The van der Waals surface area contributed by atoms with Crippen LogP contribution in [0.1, 0.15) is 42.7 Å². The fourth-order valence-corrected chi connectivity index (χ4v) is 4.86. The van der Waals surface area contributed by atoms with E-state index in [0.717, 1.165) is 53.8 Å². The highest BCUT2D eigenvalue weighted by Crippen LogP contribution is 2.32. The molecule has 0 bridgehead atoms. The van der Waals surface area contributed by atoms with Gasteiger partial charge in [-0.15, -0.1) is 11.3 Å². The second-order valence-corrected chi connectivity index (χ2v) is 8.77. The minimum Gasteiger partial charge on any atom is -0.355 e. The van der Waals surface area contributed by atoms with Gasteiger partial charge in [-0.05, 0) is 42.9 Å². The maximum Gasteiger partial charge on any atom is 0.225 e. The molecule has 1 saturated heterocycles. The monoisotopic (exact) mass is 408 g/mol. The van der Waals surface area contributed by atoms with Crippen LogP contribution in [-0.2, 0) is 24.2 Å². The number of rotatable bonds is 6. The van der Waals surface area contributed by atoms with Crippen molar-refractivity contribution >= 4 is 33.3 Å². The van der Waals surface area contributed by atoms with Gasteiger partial charge in [0.05, 0.1) is 11.3 Å². The number of fused-ring (bicyclic) bond motifs is 1. The van der Waals surface area contributed by atoms with E-state index >= 15 is 0 Å². The van der Waals surface area contributed by atoms with E-state index in [4.69, 9.17) is 0 Å². The molecule has 1 fully saturated rings. The molecule has 5 nitrogen and oxygen atoms in total. The molecule has 6 heteroatoms. The Morgan fingerprint density at radius 1 is 1.17 bits per heavy atom. The second kappa shape index (κ2) is 8.91. The summed E-state index contributed by atoms with van der Waals surface area (Å²) in [5, 5.41) is 4.25. The van der Waals surface area contributed by atoms with Crippen LogP contribution in [0.25, 0.3) is 10.2 Å². The summed E-state index contributed by atoms with van der Waals surface area (Å²) in [6, 6.07) is 10.7. The molecule has 0 spiro atoms. The normalized spacial score (nSPS) is 16.9. The van der Waals surface area contributed by atoms with Crippen molar-refractivity contribution in [3.05, 3.63) is 52.7 Å². The number of nitrogens with one attached hydrogen (secondary N) is 1. The number of thiophene rings is 1. The zero-order chi connectivity index (χ0) is 20.2. The fourth-order valence-electron chi connectivity index (χ4n) is 3.93. The van der Waals surface area contributed by atoms with E-state index in [2.05, 4.69) is 64.4 Å². The molecule has 1 aromatic carbocycles. The molecule has 1 aliphatic rings. The quantitative estimate of drug-likeness (QED) is 0.659. The summed E-state index contributed by atoms with van der Waals surface area (Å²) < 4.78 is 0. The van der Waals surface area contributed by atoms with Crippen LogP contribution in [0.4, 0.5) is 5.82 Å². The SMILES string of the molecule is CCc1ccc(CNC(=O)[C@H]2CCCN(c3ncnc4sc(CC)cc34)C2)cc1. The van der Waals surface area contributed by atoms with Crippen LogP contribution in [0.5, 0.6) is 0 Å². The third kappa shape index (κ3) is 4.42. The van der Waals surface area contributed by atoms with Crippen molar-refractivity contribution in [2.75, 3.05) is 18.0 Å². The third-order valence-corrected chi connectivity index (χ3v) is 6.88. The lowest BCUT2D eigenvalue weighted by molar-refractivity contribution is -0.125. The molecule has 4 rings (SSSR count). The molecule has 29 heavy (non-hydrogen) atoms. The van der Waals surface area contributed by atoms with Gasteiger partial charge in [0.2, 0.25) is 5.91 Å². The molecule has 3 heterocycles. The molecule has 2 aromatic heterocycles. The number of hydrogen-bond donors (Lipinski definition) is 1. The lowest BCUT2D eigenvalue weighted by Gasteiger charge is -2.33. The number of aromatic nitrogens is 2. The van der Waals surface area contributed by atoms with E-state index in [9.17, 15) is 4.79 Å². The highest BCUT2D eigenvalue weighted by molar-refractivity contribution is 7.18. The van der Waals surface area contributed by atoms with Gasteiger partial charge < -0.3 is 10.2 Å². The Kier molecular flexibility index (Phi) is 6.09. The number of aryl methyl sites for hydroxylation is 2. The first-order valence-electron chi connectivity index (χ1n) is 10.5. The van der Waals surface area contributed by atoms with Gasteiger partial charge in [-0.25, -0.2) is 9.97 Å². The Morgan fingerprint density at radius 3 is 2.72 bits per heavy atom. The van der Waals surface area contributed by atoms with Crippen molar-refractivity contribution < 1.29 is 4.79 Å². The lowest BCUT2D eigenvalue weighted by atomic mass is 9.96. The standard InChI is InChI=1S/C23H28N4OS/c1-3-16-7-9-17(10-8-16)13-24-22(28)18-6-5-11-27(14-18)21-20-12-19(4-2)29-23(20)26-15-25-21/h7-10,12,15,18H,3-6,11,13-14H2,1-2H3,(H,24,28)/t18-/m0/s1. The number of piperidine rings is 1. The predicted octanol–water partition coefficient (Wildman–Crippen LogP) is 4.35. The molecule has 0 radical (unpaired) electrons. The molecular weight excluding hydrogens is 380 g/mol. The van der Waals surface area contributed by atoms with Crippen molar-refractivity contribution in [1.82, 2.24) is 15.3 Å². The van der Waals surface area contributed by atoms with E-state index in [1.165, 1.54) is 10.4 Å². The number of benzene rings is 1. The number of carbonyl (C=O) groups excluding carboxylic acids is 1. The van der Waals surface area contributed by atoms with Crippen molar-refractivity contribution in [3.63, 3.8) is 0 Å². The molecule has 1 aliphatic heterocycles. The molecule has 0 unspecified atom stereocenters.